The molecule has 0 aliphatic heterocycles. The lowest BCUT2D eigenvalue weighted by Crippen LogP contribution is -1.90. The predicted octanol–water partition coefficient (Wildman–Crippen LogP) is 0.667. The van der Waals surface area contributed by atoms with Crippen LogP contribution in [0.4, 0.5) is 0 Å². The van der Waals surface area contributed by atoms with E-state index in [4.69, 9.17) is 20.3 Å². The van der Waals surface area contributed by atoms with Crippen LogP contribution in [0, 0.1) is 11.3 Å². The highest BCUT2D eigenvalue weighted by Crippen LogP contribution is 1.82. The van der Waals surface area contributed by atoms with Crippen molar-refractivity contribution >= 4 is 11.9 Å². The highest BCUT2D eigenvalue weighted by atomic mass is 16.4. The molecule has 0 unspecified atom stereocenters. The molecule has 0 rings (SSSR count). The summed E-state index contributed by atoms with van der Waals surface area (Å²) in [4.78, 5) is 18.6. The second kappa shape index (κ2) is 22.5. The van der Waals surface area contributed by atoms with Crippen LogP contribution in [0.2, 0.25) is 0 Å². The number of hydrogen-bond donors (Lipinski definition) is 2. The molecule has 0 aliphatic carbocycles. The van der Waals surface area contributed by atoms with Crippen molar-refractivity contribution in [2.45, 2.75) is 33.6 Å². The Labute approximate surface area is 83.1 Å². The summed E-state index contributed by atoms with van der Waals surface area (Å²) in [6.45, 7) is 4.36. The minimum Gasteiger partial charge on any atom is -0.481 e. The van der Waals surface area contributed by atoms with Crippen LogP contribution in [-0.4, -0.2) is 27.6 Å². The average Bonchev–Trinajstić information content (AvgIpc) is 1.86. The Morgan fingerprint density at radius 2 is 1.57 bits per heavy atom. The highest BCUT2D eigenvalue weighted by molar-refractivity contribution is 5.66. The van der Waals surface area contributed by atoms with Crippen molar-refractivity contribution in [3.63, 3.8) is 0 Å². The summed E-state index contributed by atoms with van der Waals surface area (Å²) in [6.07, 6.45) is 1.02. The summed E-state index contributed by atoms with van der Waals surface area (Å²) >= 11 is 0. The standard InChI is InChI=1S/C4H8O2.C2H3N.C2H4O2.H2O/c1-2-3-4(5)6;1-2-3;1-2(3)4;/h2-3H2,1H3,(H,5,6);1H3;1H3,(H,3,4);1H2. The molecule has 14 heavy (non-hydrogen) atoms. The number of nitriles is 1. The minimum absolute atomic E-state index is 0. The lowest BCUT2D eigenvalue weighted by atomic mass is 10.4. The molecule has 0 radical (unpaired) electrons. The van der Waals surface area contributed by atoms with Gasteiger partial charge in [-0.3, -0.25) is 9.59 Å². The first kappa shape index (κ1) is 22.8. The van der Waals surface area contributed by atoms with E-state index in [9.17, 15) is 4.79 Å². The first-order valence-corrected chi connectivity index (χ1v) is 3.64. The maximum atomic E-state index is 9.60. The van der Waals surface area contributed by atoms with Crippen LogP contribution in [-0.2, 0) is 9.59 Å². The summed E-state index contributed by atoms with van der Waals surface area (Å²) < 4.78 is 0. The molecule has 0 heterocycles. The van der Waals surface area contributed by atoms with E-state index in [0.717, 1.165) is 13.3 Å². The van der Waals surface area contributed by atoms with Gasteiger partial charge >= 0.3 is 5.97 Å². The van der Waals surface area contributed by atoms with Crippen molar-refractivity contribution < 1.29 is 25.3 Å². The number of carbonyl (C=O) groups is 2. The third-order valence-corrected chi connectivity index (χ3v) is 0.464. The zero-order chi connectivity index (χ0) is 11.3. The molecule has 0 aromatic heterocycles. The van der Waals surface area contributed by atoms with Gasteiger partial charge in [-0.2, -0.15) is 5.26 Å². The van der Waals surface area contributed by atoms with E-state index >= 15 is 0 Å². The third kappa shape index (κ3) is 474. The summed E-state index contributed by atoms with van der Waals surface area (Å²) in [7, 11) is 0. The maximum absolute atomic E-state index is 9.60. The topological polar surface area (TPSA) is 130 Å². The van der Waals surface area contributed by atoms with Gasteiger partial charge in [-0.15, -0.1) is 0 Å². The van der Waals surface area contributed by atoms with Crippen molar-refractivity contribution in [2.24, 2.45) is 0 Å². The summed E-state index contributed by atoms with van der Waals surface area (Å²) in [6, 6.07) is 1.75. The molecule has 0 aromatic rings. The van der Waals surface area contributed by atoms with E-state index in [1.54, 1.807) is 6.07 Å². The molecule has 4 N–H and O–H groups in total. The first-order valence-electron chi connectivity index (χ1n) is 3.64. The quantitative estimate of drug-likeness (QED) is 0.687. The van der Waals surface area contributed by atoms with Crippen molar-refractivity contribution in [3.8, 4) is 6.07 Å². The number of aliphatic carboxylic acids is 2. The molecule has 0 saturated carbocycles. The number of nitrogens with zero attached hydrogens (tertiary/aromatic N) is 1. The van der Waals surface area contributed by atoms with Crippen LogP contribution in [0.1, 0.15) is 33.6 Å². The molecule has 6 heteroatoms. The molecule has 0 bridgehead atoms. The van der Waals surface area contributed by atoms with E-state index in [-0.39, 0.29) is 5.48 Å². The normalized spacial score (nSPS) is 5.86. The van der Waals surface area contributed by atoms with Gasteiger partial charge < -0.3 is 15.7 Å². The van der Waals surface area contributed by atoms with Crippen LogP contribution in [0.5, 0.6) is 0 Å². The third-order valence-electron chi connectivity index (χ3n) is 0.464. The molecule has 0 amide bonds. The van der Waals surface area contributed by atoms with E-state index in [2.05, 4.69) is 0 Å². The second-order valence-electron chi connectivity index (χ2n) is 1.89. The van der Waals surface area contributed by atoms with E-state index in [0.29, 0.717) is 6.42 Å². The van der Waals surface area contributed by atoms with Gasteiger partial charge in [0.2, 0.25) is 0 Å². The molecule has 0 atom stereocenters. The molecule has 0 spiro atoms. The molecule has 0 aliphatic rings. The summed E-state index contributed by atoms with van der Waals surface area (Å²) in [5.41, 5.74) is 0. The molecule has 6 nitrogen and oxygen atoms in total. The molecule has 0 aromatic carbocycles. The highest BCUT2D eigenvalue weighted by Gasteiger charge is 1.87. The Balaban J connectivity index is -0.0000000553. The van der Waals surface area contributed by atoms with Crippen molar-refractivity contribution in [1.29, 1.82) is 5.26 Å². The van der Waals surface area contributed by atoms with Crippen LogP contribution in [0.15, 0.2) is 0 Å². The summed E-state index contributed by atoms with van der Waals surface area (Å²) in [5.74, 6) is -1.54. The molecule has 0 fully saturated rings. The van der Waals surface area contributed by atoms with Gasteiger partial charge in [-0.05, 0) is 6.42 Å². The van der Waals surface area contributed by atoms with Crippen LogP contribution in [0.3, 0.4) is 0 Å². The van der Waals surface area contributed by atoms with Crippen molar-refractivity contribution in [2.75, 3.05) is 0 Å². The fourth-order valence-electron chi connectivity index (χ4n) is 0.214. The number of carboxylic acids is 2. The average molecular weight is 207 g/mol. The van der Waals surface area contributed by atoms with Gasteiger partial charge in [0.1, 0.15) is 0 Å². The Morgan fingerprint density at radius 1 is 1.36 bits per heavy atom. The largest absolute Gasteiger partial charge is 0.481 e. The first-order chi connectivity index (χ1) is 5.92. The molecule has 0 saturated heterocycles. The minimum atomic E-state index is -0.833. The Kier molecular flexibility index (Phi) is 36.7. The van der Waals surface area contributed by atoms with E-state index in [1.165, 1.54) is 6.92 Å². The summed E-state index contributed by atoms with van der Waals surface area (Å²) in [5, 5.41) is 22.6. The zero-order valence-corrected chi connectivity index (χ0v) is 8.57. The number of carboxylic acid groups (broad SMARTS) is 2. The van der Waals surface area contributed by atoms with Gasteiger partial charge in [0.25, 0.3) is 5.97 Å². The lowest BCUT2D eigenvalue weighted by Gasteiger charge is -1.79. The van der Waals surface area contributed by atoms with Gasteiger partial charge in [-0.25, -0.2) is 0 Å². The maximum Gasteiger partial charge on any atom is 0.303 e. The molecular weight excluding hydrogens is 190 g/mol. The number of rotatable bonds is 2. The smallest absolute Gasteiger partial charge is 0.303 e. The number of hydrogen-bond acceptors (Lipinski definition) is 3. The predicted molar refractivity (Wildman–Crippen MR) is 50.8 cm³/mol. The van der Waals surface area contributed by atoms with Crippen LogP contribution in [0.25, 0.3) is 0 Å². The van der Waals surface area contributed by atoms with Gasteiger partial charge in [0.15, 0.2) is 0 Å². The monoisotopic (exact) mass is 207 g/mol. The van der Waals surface area contributed by atoms with Crippen LogP contribution >= 0.6 is 0 Å². The van der Waals surface area contributed by atoms with Gasteiger partial charge in [0, 0.05) is 20.3 Å². The van der Waals surface area contributed by atoms with E-state index < -0.39 is 11.9 Å². The molecule has 84 valence electrons. The van der Waals surface area contributed by atoms with Crippen molar-refractivity contribution in [3.05, 3.63) is 0 Å². The Morgan fingerprint density at radius 3 is 1.57 bits per heavy atom. The van der Waals surface area contributed by atoms with Gasteiger partial charge in [0.05, 0.1) is 6.07 Å². The second-order valence-corrected chi connectivity index (χ2v) is 1.89. The van der Waals surface area contributed by atoms with Crippen LogP contribution < -0.4 is 0 Å². The van der Waals surface area contributed by atoms with Gasteiger partial charge in [-0.1, -0.05) is 6.92 Å². The lowest BCUT2D eigenvalue weighted by molar-refractivity contribution is -0.137. The van der Waals surface area contributed by atoms with E-state index in [1.807, 2.05) is 6.92 Å². The fraction of sp³-hybridized carbons (Fsp3) is 0.625. The van der Waals surface area contributed by atoms with Crippen molar-refractivity contribution in [1.82, 2.24) is 0 Å². The Bertz CT molecular complexity index is 169. The molecular formula is C8H17NO5. The Hall–Kier alpha value is -1.61. The SMILES string of the molecule is CC#N.CC(=O)O.CCCC(=O)O.O. The zero-order valence-electron chi connectivity index (χ0n) is 8.57. The fourth-order valence-corrected chi connectivity index (χ4v) is 0.214.